The maximum absolute atomic E-state index is 6.17. The Morgan fingerprint density at radius 3 is 2.61 bits per heavy atom. The van der Waals surface area contributed by atoms with Crippen molar-refractivity contribution < 1.29 is 4.74 Å². The summed E-state index contributed by atoms with van der Waals surface area (Å²) in [6.45, 7) is 4.13. The van der Waals surface area contributed by atoms with Gasteiger partial charge in [-0.25, -0.2) is 0 Å². The molecule has 0 bridgehead atoms. The van der Waals surface area contributed by atoms with Gasteiger partial charge in [0.2, 0.25) is 0 Å². The Morgan fingerprint density at radius 2 is 2.11 bits per heavy atom. The summed E-state index contributed by atoms with van der Waals surface area (Å²) < 4.78 is 5.42. The Bertz CT molecular complexity index is 397. The van der Waals surface area contributed by atoms with Gasteiger partial charge in [0.25, 0.3) is 0 Å². The van der Waals surface area contributed by atoms with E-state index in [0.29, 0.717) is 10.0 Å². The molecule has 1 aromatic heterocycles. The van der Waals surface area contributed by atoms with E-state index in [0.717, 1.165) is 18.5 Å². The van der Waals surface area contributed by atoms with Crippen LogP contribution in [0.25, 0.3) is 0 Å². The molecule has 0 aliphatic rings. The Hall–Kier alpha value is -0.350. The minimum absolute atomic E-state index is 0.101. The fraction of sp³-hybridized carbons (Fsp3) is 0.615. The summed E-state index contributed by atoms with van der Waals surface area (Å²) in [6.07, 6.45) is 3.43. The first-order chi connectivity index (χ1) is 8.39. The first kappa shape index (κ1) is 15.7. The number of nitrogens with one attached hydrogen (secondary N) is 1. The van der Waals surface area contributed by atoms with Gasteiger partial charge in [0.15, 0.2) is 0 Å². The number of hydrogen-bond donors (Lipinski definition) is 1. The molecule has 0 radical (unpaired) electrons. The number of halogens is 2. The lowest BCUT2D eigenvalue weighted by Gasteiger charge is -2.26. The molecule has 102 valence electrons. The number of aromatic nitrogens is 1. The zero-order chi connectivity index (χ0) is 13.8. The van der Waals surface area contributed by atoms with Gasteiger partial charge in [-0.2, -0.15) is 0 Å². The van der Waals surface area contributed by atoms with Crippen molar-refractivity contribution in [3.05, 3.63) is 28.0 Å². The van der Waals surface area contributed by atoms with E-state index in [-0.39, 0.29) is 11.6 Å². The van der Waals surface area contributed by atoms with Crippen molar-refractivity contribution in [2.24, 2.45) is 0 Å². The molecule has 0 aliphatic carbocycles. The molecule has 0 amide bonds. The van der Waals surface area contributed by atoms with Gasteiger partial charge in [0, 0.05) is 13.3 Å². The molecule has 3 nitrogen and oxygen atoms in total. The van der Waals surface area contributed by atoms with Crippen molar-refractivity contribution in [2.45, 2.75) is 38.3 Å². The third-order valence-electron chi connectivity index (χ3n) is 3.10. The number of hydrogen-bond acceptors (Lipinski definition) is 3. The monoisotopic (exact) mass is 290 g/mol. The zero-order valence-corrected chi connectivity index (χ0v) is 12.8. The van der Waals surface area contributed by atoms with Crippen molar-refractivity contribution in [2.75, 3.05) is 14.2 Å². The highest BCUT2D eigenvalue weighted by molar-refractivity contribution is 6.34. The van der Waals surface area contributed by atoms with Gasteiger partial charge in [-0.15, -0.1) is 0 Å². The summed E-state index contributed by atoms with van der Waals surface area (Å²) in [7, 11) is 3.62. The average Bonchev–Trinajstić information content (AvgIpc) is 2.32. The molecule has 1 rings (SSSR count). The predicted octanol–water partition coefficient (Wildman–Crippen LogP) is 3.85. The maximum atomic E-state index is 6.17. The second-order valence-electron chi connectivity index (χ2n) is 4.86. The van der Waals surface area contributed by atoms with Crippen LogP contribution in [0.4, 0.5) is 0 Å². The van der Waals surface area contributed by atoms with Crippen molar-refractivity contribution in [1.29, 1.82) is 0 Å². The molecule has 0 spiro atoms. The SMILES string of the molecule is CNC(CCC(C)(C)OC)c1ncc(Cl)cc1Cl. The lowest BCUT2D eigenvalue weighted by molar-refractivity contribution is 0.0117. The van der Waals surface area contributed by atoms with Gasteiger partial charge < -0.3 is 10.1 Å². The second kappa shape index (κ2) is 6.71. The van der Waals surface area contributed by atoms with Crippen molar-refractivity contribution >= 4 is 23.2 Å². The molecule has 0 aromatic carbocycles. The third kappa shape index (κ3) is 4.39. The van der Waals surface area contributed by atoms with Gasteiger partial charge in [0.1, 0.15) is 0 Å². The molecule has 1 N–H and O–H groups in total. The summed E-state index contributed by atoms with van der Waals surface area (Å²) in [5.74, 6) is 0. The third-order valence-corrected chi connectivity index (χ3v) is 3.61. The standard InChI is InChI=1S/C13H20Cl2N2O/c1-13(2,18-4)6-5-11(16-3)12-10(15)7-9(14)8-17-12/h7-8,11,16H,5-6H2,1-4H3. The molecule has 1 atom stereocenters. The normalized spacial score (nSPS) is 13.7. The molecule has 0 fully saturated rings. The van der Waals surface area contributed by atoms with Crippen LogP contribution in [0.5, 0.6) is 0 Å². The summed E-state index contributed by atoms with van der Waals surface area (Å²) in [5, 5.41) is 4.38. The number of nitrogens with zero attached hydrogens (tertiary/aromatic N) is 1. The van der Waals surface area contributed by atoms with Gasteiger partial charge >= 0.3 is 0 Å². The van der Waals surface area contributed by atoms with Crippen LogP contribution in [0, 0.1) is 0 Å². The second-order valence-corrected chi connectivity index (χ2v) is 5.71. The zero-order valence-electron chi connectivity index (χ0n) is 11.3. The predicted molar refractivity (Wildman–Crippen MR) is 76.4 cm³/mol. The Kier molecular flexibility index (Phi) is 5.86. The number of rotatable bonds is 6. The molecule has 18 heavy (non-hydrogen) atoms. The molecule has 1 unspecified atom stereocenters. The Morgan fingerprint density at radius 1 is 1.44 bits per heavy atom. The molecule has 1 aromatic rings. The highest BCUT2D eigenvalue weighted by atomic mass is 35.5. The highest BCUT2D eigenvalue weighted by Gasteiger charge is 2.21. The summed E-state index contributed by atoms with van der Waals surface area (Å²) in [5.41, 5.74) is 0.684. The van der Waals surface area contributed by atoms with Crippen molar-refractivity contribution in [1.82, 2.24) is 10.3 Å². The van der Waals surface area contributed by atoms with Crippen LogP contribution in [0.15, 0.2) is 12.3 Å². The van der Waals surface area contributed by atoms with E-state index in [1.807, 2.05) is 7.05 Å². The first-order valence-corrected chi connectivity index (χ1v) is 6.68. The topological polar surface area (TPSA) is 34.1 Å². The Balaban J connectivity index is 2.77. The Labute approximate surface area is 119 Å². The molecule has 1 heterocycles. The van der Waals surface area contributed by atoms with Crippen LogP contribution in [-0.4, -0.2) is 24.7 Å². The van der Waals surface area contributed by atoms with E-state index < -0.39 is 0 Å². The highest BCUT2D eigenvalue weighted by Crippen LogP contribution is 2.28. The summed E-state index contributed by atoms with van der Waals surface area (Å²) >= 11 is 12.0. The average molecular weight is 291 g/mol. The van der Waals surface area contributed by atoms with E-state index in [1.54, 1.807) is 19.4 Å². The van der Waals surface area contributed by atoms with Crippen LogP contribution in [-0.2, 0) is 4.74 Å². The van der Waals surface area contributed by atoms with Crippen LogP contribution in [0.3, 0.4) is 0 Å². The lowest BCUT2D eigenvalue weighted by atomic mass is 9.97. The van der Waals surface area contributed by atoms with E-state index in [9.17, 15) is 0 Å². The summed E-state index contributed by atoms with van der Waals surface area (Å²) in [4.78, 5) is 4.31. The quantitative estimate of drug-likeness (QED) is 0.864. The number of methoxy groups -OCH3 is 1. The molecular formula is C13H20Cl2N2O. The van der Waals surface area contributed by atoms with Gasteiger partial charge in [-0.05, 0) is 39.8 Å². The van der Waals surface area contributed by atoms with Crippen LogP contribution in [0.1, 0.15) is 38.4 Å². The van der Waals surface area contributed by atoms with E-state index in [2.05, 4.69) is 24.1 Å². The number of ether oxygens (including phenoxy) is 1. The van der Waals surface area contributed by atoms with Crippen LogP contribution in [0.2, 0.25) is 10.0 Å². The fourth-order valence-electron chi connectivity index (χ4n) is 1.69. The minimum atomic E-state index is -0.145. The smallest absolute Gasteiger partial charge is 0.0760 e. The molecule has 0 saturated carbocycles. The van der Waals surface area contributed by atoms with Crippen LogP contribution < -0.4 is 5.32 Å². The van der Waals surface area contributed by atoms with Gasteiger partial charge in [0.05, 0.1) is 27.4 Å². The van der Waals surface area contributed by atoms with Gasteiger partial charge in [-0.3, -0.25) is 4.98 Å². The van der Waals surface area contributed by atoms with Crippen molar-refractivity contribution in [3.63, 3.8) is 0 Å². The fourth-order valence-corrected chi connectivity index (χ4v) is 2.21. The summed E-state index contributed by atoms with van der Waals surface area (Å²) in [6, 6.07) is 1.82. The van der Waals surface area contributed by atoms with Gasteiger partial charge in [-0.1, -0.05) is 23.2 Å². The molecule has 0 aliphatic heterocycles. The molecular weight excluding hydrogens is 271 g/mol. The van der Waals surface area contributed by atoms with E-state index in [1.165, 1.54) is 0 Å². The lowest BCUT2D eigenvalue weighted by Crippen LogP contribution is -2.26. The van der Waals surface area contributed by atoms with E-state index >= 15 is 0 Å². The molecule has 0 saturated heterocycles. The first-order valence-electron chi connectivity index (χ1n) is 5.93. The van der Waals surface area contributed by atoms with Crippen LogP contribution >= 0.6 is 23.2 Å². The minimum Gasteiger partial charge on any atom is -0.379 e. The maximum Gasteiger partial charge on any atom is 0.0760 e. The largest absolute Gasteiger partial charge is 0.379 e. The molecule has 5 heteroatoms. The van der Waals surface area contributed by atoms with Crippen molar-refractivity contribution in [3.8, 4) is 0 Å². The van der Waals surface area contributed by atoms with E-state index in [4.69, 9.17) is 27.9 Å². The number of pyridine rings is 1.